The molecule has 0 heterocycles. The fourth-order valence-electron chi connectivity index (χ4n) is 1.95. The molecule has 2 rings (SSSR count). The molecule has 0 unspecified atom stereocenters. The van der Waals surface area contributed by atoms with Gasteiger partial charge in [0.15, 0.2) is 6.10 Å². The number of thioether (sulfide) groups is 1. The monoisotopic (exact) mass is 397 g/mol. The molecule has 1 atom stereocenters. The minimum absolute atomic E-state index is 0.222. The minimum Gasteiger partial charge on any atom is -0.453 e. The molecule has 0 bridgehead atoms. The van der Waals surface area contributed by atoms with E-state index < -0.39 is 18.0 Å². The van der Waals surface area contributed by atoms with Crippen molar-refractivity contribution in [1.29, 1.82) is 0 Å². The second-order valence-corrected chi connectivity index (χ2v) is 7.23. The van der Waals surface area contributed by atoms with E-state index in [1.54, 1.807) is 30.0 Å². The van der Waals surface area contributed by atoms with E-state index in [0.29, 0.717) is 21.5 Å². The summed E-state index contributed by atoms with van der Waals surface area (Å²) in [6.45, 7) is 1.52. The zero-order chi connectivity index (χ0) is 18.2. The molecular weight excluding hydrogens is 381 g/mol. The maximum atomic E-state index is 12.1. The molecule has 0 spiro atoms. The summed E-state index contributed by atoms with van der Waals surface area (Å²) in [5, 5.41) is 3.44. The van der Waals surface area contributed by atoms with Gasteiger partial charge in [-0.3, -0.25) is 9.59 Å². The second kappa shape index (κ2) is 9.70. The summed E-state index contributed by atoms with van der Waals surface area (Å²) in [7, 11) is 0. The van der Waals surface area contributed by atoms with Crippen LogP contribution in [0.25, 0.3) is 0 Å². The first-order valence-electron chi connectivity index (χ1n) is 7.58. The Morgan fingerprint density at radius 1 is 1.12 bits per heavy atom. The van der Waals surface area contributed by atoms with Crippen molar-refractivity contribution in [2.45, 2.75) is 24.3 Å². The number of carbonyl (C=O) groups excluding carboxylic acids is 2. The summed E-state index contributed by atoms with van der Waals surface area (Å²) < 4.78 is 5.15. The Labute approximate surface area is 160 Å². The van der Waals surface area contributed by atoms with Gasteiger partial charge in [-0.25, -0.2) is 0 Å². The standard InChI is InChI=1S/C18H17Cl2NO3S/c1-12(18(23)21-15-10-13(19)9-14(20)11-15)24-17(22)7-8-25-16-5-3-2-4-6-16/h2-6,9-12H,7-8H2,1H3,(H,21,23)/t12-/m1/s1. The van der Waals surface area contributed by atoms with Crippen LogP contribution >= 0.6 is 35.0 Å². The number of hydrogen-bond acceptors (Lipinski definition) is 4. The van der Waals surface area contributed by atoms with Crippen LogP contribution in [0.1, 0.15) is 13.3 Å². The average molecular weight is 398 g/mol. The number of nitrogens with one attached hydrogen (secondary N) is 1. The van der Waals surface area contributed by atoms with E-state index in [1.807, 2.05) is 30.3 Å². The van der Waals surface area contributed by atoms with Crippen molar-refractivity contribution >= 4 is 52.5 Å². The molecule has 0 aliphatic heterocycles. The normalized spacial score (nSPS) is 11.6. The first kappa shape index (κ1) is 19.6. The summed E-state index contributed by atoms with van der Waals surface area (Å²) in [6.07, 6.45) is -0.688. The molecule has 4 nitrogen and oxygen atoms in total. The molecule has 0 aromatic heterocycles. The molecule has 7 heteroatoms. The molecule has 2 aromatic rings. The van der Waals surface area contributed by atoms with Gasteiger partial charge in [0.05, 0.1) is 6.42 Å². The highest BCUT2D eigenvalue weighted by Crippen LogP contribution is 2.23. The molecule has 0 aliphatic rings. The van der Waals surface area contributed by atoms with Crippen molar-refractivity contribution < 1.29 is 14.3 Å². The lowest BCUT2D eigenvalue weighted by Crippen LogP contribution is -2.30. The molecule has 25 heavy (non-hydrogen) atoms. The maximum absolute atomic E-state index is 12.1. The number of hydrogen-bond donors (Lipinski definition) is 1. The van der Waals surface area contributed by atoms with Crippen LogP contribution < -0.4 is 5.32 Å². The number of esters is 1. The quantitative estimate of drug-likeness (QED) is 0.524. The molecular formula is C18H17Cl2NO3S. The van der Waals surface area contributed by atoms with Gasteiger partial charge in [-0.2, -0.15) is 0 Å². The Bertz CT molecular complexity index is 720. The molecule has 0 aliphatic carbocycles. The van der Waals surface area contributed by atoms with Crippen molar-refractivity contribution in [3.8, 4) is 0 Å². The van der Waals surface area contributed by atoms with Gasteiger partial charge in [-0.15, -0.1) is 11.8 Å². The zero-order valence-electron chi connectivity index (χ0n) is 13.5. The van der Waals surface area contributed by atoms with Crippen LogP contribution in [-0.2, 0) is 14.3 Å². The van der Waals surface area contributed by atoms with E-state index in [1.165, 1.54) is 6.92 Å². The summed E-state index contributed by atoms with van der Waals surface area (Å²) in [4.78, 5) is 25.0. The predicted molar refractivity (Wildman–Crippen MR) is 102 cm³/mol. The number of ether oxygens (including phenoxy) is 1. The molecule has 2 aromatic carbocycles. The molecule has 132 valence electrons. The zero-order valence-corrected chi connectivity index (χ0v) is 15.8. The van der Waals surface area contributed by atoms with E-state index in [4.69, 9.17) is 27.9 Å². The lowest BCUT2D eigenvalue weighted by Gasteiger charge is -2.14. The Morgan fingerprint density at radius 2 is 1.76 bits per heavy atom. The molecule has 0 radical (unpaired) electrons. The van der Waals surface area contributed by atoms with Gasteiger partial charge in [0.2, 0.25) is 0 Å². The van der Waals surface area contributed by atoms with Gasteiger partial charge >= 0.3 is 5.97 Å². The van der Waals surface area contributed by atoms with Crippen molar-refractivity contribution in [1.82, 2.24) is 0 Å². The van der Waals surface area contributed by atoms with Gasteiger partial charge < -0.3 is 10.1 Å². The third-order valence-corrected chi connectivity index (χ3v) is 4.58. The van der Waals surface area contributed by atoms with Crippen LogP contribution in [0.2, 0.25) is 10.0 Å². The fourth-order valence-corrected chi connectivity index (χ4v) is 3.33. The highest BCUT2D eigenvalue weighted by molar-refractivity contribution is 7.99. The SMILES string of the molecule is C[C@@H](OC(=O)CCSc1ccccc1)C(=O)Nc1cc(Cl)cc(Cl)c1. The smallest absolute Gasteiger partial charge is 0.307 e. The van der Waals surface area contributed by atoms with E-state index in [9.17, 15) is 9.59 Å². The van der Waals surface area contributed by atoms with Crippen LogP contribution in [0.15, 0.2) is 53.4 Å². The molecule has 0 saturated heterocycles. The van der Waals surface area contributed by atoms with E-state index in [-0.39, 0.29) is 6.42 Å². The third-order valence-electron chi connectivity index (χ3n) is 3.13. The minimum atomic E-state index is -0.910. The van der Waals surface area contributed by atoms with Gasteiger partial charge in [-0.1, -0.05) is 41.4 Å². The number of amides is 1. The number of anilines is 1. The van der Waals surface area contributed by atoms with Crippen LogP contribution in [0.3, 0.4) is 0 Å². The Kier molecular flexibility index (Phi) is 7.62. The first-order chi connectivity index (χ1) is 11.9. The number of benzene rings is 2. The number of carbonyl (C=O) groups is 2. The van der Waals surface area contributed by atoms with E-state index in [0.717, 1.165) is 4.90 Å². The lowest BCUT2D eigenvalue weighted by molar-refractivity contribution is -0.152. The fraction of sp³-hybridized carbons (Fsp3) is 0.222. The van der Waals surface area contributed by atoms with Crippen LogP contribution in [0.4, 0.5) is 5.69 Å². The molecule has 0 fully saturated rings. The van der Waals surface area contributed by atoms with E-state index >= 15 is 0 Å². The number of rotatable bonds is 7. The Balaban J connectivity index is 1.76. The summed E-state index contributed by atoms with van der Waals surface area (Å²) in [5.41, 5.74) is 0.449. The largest absolute Gasteiger partial charge is 0.453 e. The summed E-state index contributed by atoms with van der Waals surface area (Å²) in [5.74, 6) is -0.279. The van der Waals surface area contributed by atoms with Crippen LogP contribution in [-0.4, -0.2) is 23.7 Å². The van der Waals surface area contributed by atoms with Crippen molar-refractivity contribution in [3.63, 3.8) is 0 Å². The average Bonchev–Trinajstić information content (AvgIpc) is 2.54. The Morgan fingerprint density at radius 3 is 2.40 bits per heavy atom. The second-order valence-electron chi connectivity index (χ2n) is 5.19. The maximum Gasteiger partial charge on any atom is 0.307 e. The van der Waals surface area contributed by atoms with Crippen LogP contribution in [0.5, 0.6) is 0 Å². The van der Waals surface area contributed by atoms with Gasteiger partial charge in [-0.05, 0) is 37.3 Å². The third kappa shape index (κ3) is 6.98. The highest BCUT2D eigenvalue weighted by atomic mass is 35.5. The molecule has 0 saturated carbocycles. The lowest BCUT2D eigenvalue weighted by atomic mass is 10.3. The van der Waals surface area contributed by atoms with Gasteiger partial charge in [0.1, 0.15) is 0 Å². The van der Waals surface area contributed by atoms with Gasteiger partial charge in [0, 0.05) is 26.4 Å². The van der Waals surface area contributed by atoms with Crippen molar-refractivity contribution in [2.24, 2.45) is 0 Å². The molecule has 1 amide bonds. The van der Waals surface area contributed by atoms with Crippen molar-refractivity contribution in [2.75, 3.05) is 11.1 Å². The molecule has 1 N–H and O–H groups in total. The first-order valence-corrected chi connectivity index (χ1v) is 9.32. The topological polar surface area (TPSA) is 55.4 Å². The Hall–Kier alpha value is -1.69. The predicted octanol–water partition coefficient (Wildman–Crippen LogP) is 5.05. The summed E-state index contributed by atoms with van der Waals surface area (Å²) >= 11 is 13.3. The van der Waals surface area contributed by atoms with Crippen LogP contribution in [0, 0.1) is 0 Å². The highest BCUT2D eigenvalue weighted by Gasteiger charge is 2.18. The number of halogens is 2. The van der Waals surface area contributed by atoms with Crippen molar-refractivity contribution in [3.05, 3.63) is 58.6 Å². The summed E-state index contributed by atoms with van der Waals surface area (Å²) in [6, 6.07) is 14.5. The van der Waals surface area contributed by atoms with Gasteiger partial charge in [0.25, 0.3) is 5.91 Å². The van der Waals surface area contributed by atoms with E-state index in [2.05, 4.69) is 5.32 Å².